The number of nitrogens with one attached hydrogen (secondary N) is 1. The molecule has 0 aromatic heterocycles. The van der Waals surface area contributed by atoms with Gasteiger partial charge < -0.3 is 16.0 Å². The van der Waals surface area contributed by atoms with Crippen molar-refractivity contribution >= 4 is 41.3 Å². The Balaban J connectivity index is 0.00000261. The first kappa shape index (κ1) is 21.4. The van der Waals surface area contributed by atoms with Gasteiger partial charge in [-0.3, -0.25) is 4.99 Å². The number of rotatable bonds is 5. The van der Waals surface area contributed by atoms with E-state index in [2.05, 4.69) is 34.3 Å². The van der Waals surface area contributed by atoms with Gasteiger partial charge in [0.05, 0.1) is 0 Å². The van der Waals surface area contributed by atoms with Gasteiger partial charge in [0.1, 0.15) is 0 Å². The van der Waals surface area contributed by atoms with E-state index in [1.807, 2.05) is 12.1 Å². The van der Waals surface area contributed by atoms with Crippen molar-refractivity contribution < 1.29 is 8.78 Å². The van der Waals surface area contributed by atoms with Gasteiger partial charge in [-0.25, -0.2) is 8.78 Å². The molecule has 1 fully saturated rings. The summed E-state index contributed by atoms with van der Waals surface area (Å²) in [5, 5.41) is 3.12. The Hall–Kier alpha value is -1.90. The summed E-state index contributed by atoms with van der Waals surface area (Å²) in [5.74, 6) is -0.901. The maximum atomic E-state index is 13.4. The third kappa shape index (κ3) is 5.79. The van der Waals surface area contributed by atoms with E-state index in [0.717, 1.165) is 31.6 Å². The Labute approximate surface area is 175 Å². The second-order valence-electron chi connectivity index (χ2n) is 6.60. The average Bonchev–Trinajstić information content (AvgIpc) is 3.11. The topological polar surface area (TPSA) is 53.6 Å². The van der Waals surface area contributed by atoms with E-state index in [1.165, 1.54) is 17.7 Å². The molecular formula is C20H25F2IN4. The SMILES string of the molecule is CCc1cccc(NC(N)=NCC2CCN(c3ccc(F)c(F)c3)C2)c1.I. The van der Waals surface area contributed by atoms with Gasteiger partial charge in [0.25, 0.3) is 0 Å². The number of guanidine groups is 1. The summed E-state index contributed by atoms with van der Waals surface area (Å²) in [6.45, 7) is 4.27. The number of hydrogen-bond acceptors (Lipinski definition) is 2. The van der Waals surface area contributed by atoms with Crippen LogP contribution in [0.5, 0.6) is 0 Å². The Kier molecular flexibility index (Phi) is 7.82. The second kappa shape index (κ2) is 9.87. The molecule has 2 aromatic carbocycles. The zero-order valence-corrected chi connectivity index (χ0v) is 17.6. The fourth-order valence-electron chi connectivity index (χ4n) is 3.18. The number of hydrogen-bond donors (Lipinski definition) is 2. The molecule has 1 saturated heterocycles. The highest BCUT2D eigenvalue weighted by Crippen LogP contribution is 2.25. The third-order valence-corrected chi connectivity index (χ3v) is 4.68. The minimum atomic E-state index is -0.819. The number of nitrogens with two attached hydrogens (primary N) is 1. The molecule has 1 atom stereocenters. The highest BCUT2D eigenvalue weighted by atomic mass is 127. The first-order valence-corrected chi connectivity index (χ1v) is 8.91. The average molecular weight is 486 g/mol. The van der Waals surface area contributed by atoms with Crippen molar-refractivity contribution in [1.29, 1.82) is 0 Å². The Morgan fingerprint density at radius 2 is 2.04 bits per heavy atom. The summed E-state index contributed by atoms with van der Waals surface area (Å²) in [7, 11) is 0. The lowest BCUT2D eigenvalue weighted by molar-refractivity contribution is 0.508. The van der Waals surface area contributed by atoms with Gasteiger partial charge in [0, 0.05) is 37.1 Å². The van der Waals surface area contributed by atoms with Crippen LogP contribution in [0.25, 0.3) is 0 Å². The highest BCUT2D eigenvalue weighted by molar-refractivity contribution is 14.0. The van der Waals surface area contributed by atoms with E-state index in [1.54, 1.807) is 6.07 Å². The molecule has 3 N–H and O–H groups in total. The van der Waals surface area contributed by atoms with Gasteiger partial charge in [-0.15, -0.1) is 24.0 Å². The van der Waals surface area contributed by atoms with Gasteiger partial charge in [-0.1, -0.05) is 19.1 Å². The zero-order chi connectivity index (χ0) is 18.5. The van der Waals surface area contributed by atoms with Crippen LogP contribution in [0.3, 0.4) is 0 Å². The van der Waals surface area contributed by atoms with Gasteiger partial charge in [0.15, 0.2) is 17.6 Å². The van der Waals surface area contributed by atoms with Crippen LogP contribution in [0, 0.1) is 17.6 Å². The molecule has 146 valence electrons. The van der Waals surface area contributed by atoms with Crippen LogP contribution in [-0.2, 0) is 6.42 Å². The number of aliphatic imine (C=N–C) groups is 1. The molecule has 0 radical (unpaired) electrons. The van der Waals surface area contributed by atoms with Crippen LogP contribution >= 0.6 is 24.0 Å². The summed E-state index contributed by atoms with van der Waals surface area (Å²) < 4.78 is 26.5. The van der Waals surface area contributed by atoms with Crippen molar-refractivity contribution in [3.63, 3.8) is 0 Å². The lowest BCUT2D eigenvalue weighted by Crippen LogP contribution is -2.25. The Bertz CT molecular complexity index is 797. The molecule has 4 nitrogen and oxygen atoms in total. The van der Waals surface area contributed by atoms with Crippen LogP contribution < -0.4 is 16.0 Å². The molecule has 1 aliphatic rings. The summed E-state index contributed by atoms with van der Waals surface area (Å²) in [4.78, 5) is 6.49. The van der Waals surface area contributed by atoms with E-state index in [4.69, 9.17) is 5.73 Å². The summed E-state index contributed by atoms with van der Waals surface area (Å²) in [6.07, 6.45) is 1.91. The van der Waals surface area contributed by atoms with E-state index in [9.17, 15) is 8.78 Å². The van der Waals surface area contributed by atoms with E-state index < -0.39 is 11.6 Å². The monoisotopic (exact) mass is 486 g/mol. The number of anilines is 2. The van der Waals surface area contributed by atoms with Crippen LogP contribution in [0.2, 0.25) is 0 Å². The van der Waals surface area contributed by atoms with Crippen LogP contribution in [-0.4, -0.2) is 25.6 Å². The molecule has 2 aromatic rings. The molecule has 3 rings (SSSR count). The third-order valence-electron chi connectivity index (χ3n) is 4.68. The van der Waals surface area contributed by atoms with Crippen molar-refractivity contribution in [2.75, 3.05) is 29.9 Å². The smallest absolute Gasteiger partial charge is 0.193 e. The Morgan fingerprint density at radius 1 is 1.22 bits per heavy atom. The standard InChI is InChI=1S/C20H24F2N4.HI/c1-2-14-4-3-5-16(10-14)25-20(23)24-12-15-8-9-26(13-15)17-6-7-18(21)19(22)11-17;/h3-7,10-11,15H,2,8-9,12-13H2,1H3,(H3,23,24,25);1H. The molecule has 1 heterocycles. The maximum absolute atomic E-state index is 13.4. The minimum Gasteiger partial charge on any atom is -0.371 e. The minimum absolute atomic E-state index is 0. The van der Waals surface area contributed by atoms with Gasteiger partial charge in [-0.05, 0) is 48.6 Å². The van der Waals surface area contributed by atoms with Gasteiger partial charge in [-0.2, -0.15) is 0 Å². The van der Waals surface area contributed by atoms with Crippen molar-refractivity contribution in [2.24, 2.45) is 16.6 Å². The normalized spacial score (nSPS) is 16.9. The fraction of sp³-hybridized carbons (Fsp3) is 0.350. The predicted octanol–water partition coefficient (Wildman–Crippen LogP) is 4.40. The molecule has 0 aliphatic carbocycles. The Morgan fingerprint density at radius 3 is 2.78 bits per heavy atom. The number of halogens is 3. The molecule has 0 saturated carbocycles. The lowest BCUT2D eigenvalue weighted by atomic mass is 10.1. The van der Waals surface area contributed by atoms with Gasteiger partial charge in [0.2, 0.25) is 0 Å². The molecule has 7 heteroatoms. The number of nitrogens with zero attached hydrogens (tertiary/aromatic N) is 2. The number of aryl methyl sites for hydroxylation is 1. The van der Waals surface area contributed by atoms with E-state index in [-0.39, 0.29) is 24.0 Å². The number of benzene rings is 2. The van der Waals surface area contributed by atoms with Crippen LogP contribution in [0.4, 0.5) is 20.2 Å². The fourth-order valence-corrected chi connectivity index (χ4v) is 3.18. The molecule has 27 heavy (non-hydrogen) atoms. The first-order chi connectivity index (χ1) is 12.5. The summed E-state index contributed by atoms with van der Waals surface area (Å²) in [5.41, 5.74) is 8.87. The van der Waals surface area contributed by atoms with Crippen molar-refractivity contribution in [3.8, 4) is 0 Å². The maximum Gasteiger partial charge on any atom is 0.193 e. The molecule has 0 spiro atoms. The van der Waals surface area contributed by atoms with Crippen molar-refractivity contribution in [1.82, 2.24) is 0 Å². The molecular weight excluding hydrogens is 461 g/mol. The first-order valence-electron chi connectivity index (χ1n) is 8.91. The molecule has 0 amide bonds. The quantitative estimate of drug-likeness (QED) is 0.375. The highest BCUT2D eigenvalue weighted by Gasteiger charge is 2.23. The van der Waals surface area contributed by atoms with Gasteiger partial charge >= 0.3 is 0 Å². The molecule has 1 aliphatic heterocycles. The molecule has 0 bridgehead atoms. The predicted molar refractivity (Wildman–Crippen MR) is 118 cm³/mol. The molecule has 1 unspecified atom stereocenters. The van der Waals surface area contributed by atoms with Crippen LogP contribution in [0.1, 0.15) is 18.9 Å². The van der Waals surface area contributed by atoms with E-state index >= 15 is 0 Å². The van der Waals surface area contributed by atoms with Crippen molar-refractivity contribution in [2.45, 2.75) is 19.8 Å². The second-order valence-corrected chi connectivity index (χ2v) is 6.60. The van der Waals surface area contributed by atoms with Crippen molar-refractivity contribution in [3.05, 3.63) is 59.7 Å². The largest absolute Gasteiger partial charge is 0.371 e. The van der Waals surface area contributed by atoms with Crippen LogP contribution in [0.15, 0.2) is 47.5 Å². The van der Waals surface area contributed by atoms with E-state index in [0.29, 0.717) is 24.1 Å². The summed E-state index contributed by atoms with van der Waals surface area (Å²) >= 11 is 0. The summed E-state index contributed by atoms with van der Waals surface area (Å²) in [6, 6.07) is 12.1. The zero-order valence-electron chi connectivity index (χ0n) is 15.3. The lowest BCUT2D eigenvalue weighted by Gasteiger charge is -2.18.